The van der Waals surface area contributed by atoms with Gasteiger partial charge in [0.2, 0.25) is 0 Å². The fraction of sp³-hybridized carbons (Fsp3) is 0.562. The maximum absolute atomic E-state index is 9.14. The topological polar surface area (TPSA) is 35.8 Å². The summed E-state index contributed by atoms with van der Waals surface area (Å²) in [5, 5.41) is 12.7. The maximum Gasteiger partial charge on any atom is 0.101 e. The molecule has 1 fully saturated rings. The molecule has 0 aliphatic heterocycles. The highest BCUT2D eigenvalue weighted by molar-refractivity contribution is 5.59. The van der Waals surface area contributed by atoms with Gasteiger partial charge in [-0.05, 0) is 55.7 Å². The van der Waals surface area contributed by atoms with Crippen LogP contribution in [0.15, 0.2) is 18.2 Å². The zero-order valence-corrected chi connectivity index (χ0v) is 11.5. The number of hydrogen-bond acceptors (Lipinski definition) is 2. The second-order valence-corrected chi connectivity index (χ2v) is 5.77. The first-order chi connectivity index (χ1) is 8.60. The lowest BCUT2D eigenvalue weighted by atomic mass is 9.79. The smallest absolute Gasteiger partial charge is 0.101 e. The van der Waals surface area contributed by atoms with Crippen LogP contribution < -0.4 is 5.32 Å². The van der Waals surface area contributed by atoms with E-state index in [9.17, 15) is 0 Å². The molecule has 3 atom stereocenters. The van der Waals surface area contributed by atoms with Crippen molar-refractivity contribution in [1.82, 2.24) is 0 Å². The van der Waals surface area contributed by atoms with Crippen LogP contribution in [0.25, 0.3) is 0 Å². The Kier molecular flexibility index (Phi) is 3.91. The van der Waals surface area contributed by atoms with Crippen molar-refractivity contribution in [1.29, 1.82) is 5.26 Å². The zero-order valence-electron chi connectivity index (χ0n) is 11.5. The number of anilines is 1. The number of nitrogens with zero attached hydrogens (tertiary/aromatic N) is 1. The summed E-state index contributed by atoms with van der Waals surface area (Å²) in [6, 6.07) is 8.78. The molecule has 1 saturated carbocycles. The van der Waals surface area contributed by atoms with Crippen LogP contribution in [0.5, 0.6) is 0 Å². The van der Waals surface area contributed by atoms with Gasteiger partial charge in [-0.2, -0.15) is 5.26 Å². The predicted octanol–water partition coefficient (Wildman–Crippen LogP) is 4.10. The molecule has 96 valence electrons. The van der Waals surface area contributed by atoms with Crippen LogP contribution in [-0.4, -0.2) is 6.04 Å². The molecule has 18 heavy (non-hydrogen) atoms. The van der Waals surface area contributed by atoms with Gasteiger partial charge >= 0.3 is 0 Å². The first-order valence-electron chi connectivity index (χ1n) is 6.87. The van der Waals surface area contributed by atoms with E-state index in [-0.39, 0.29) is 0 Å². The fourth-order valence-electron chi connectivity index (χ4n) is 2.77. The van der Waals surface area contributed by atoms with E-state index in [2.05, 4.69) is 38.2 Å². The van der Waals surface area contributed by atoms with E-state index in [1.54, 1.807) is 0 Å². The highest BCUT2D eigenvalue weighted by Crippen LogP contribution is 2.31. The Bertz CT molecular complexity index is 459. The second-order valence-electron chi connectivity index (χ2n) is 5.77. The van der Waals surface area contributed by atoms with Gasteiger partial charge < -0.3 is 5.32 Å². The minimum absolute atomic E-state index is 0.519. The Morgan fingerprint density at radius 3 is 2.67 bits per heavy atom. The standard InChI is InChI=1S/C16H22N2/c1-11-4-6-14(10-17)16(8-11)18-15-7-5-12(2)13(3)9-15/h4,6,8,12-13,15,18H,5,7,9H2,1-3H3. The van der Waals surface area contributed by atoms with Crippen molar-refractivity contribution in [3.63, 3.8) is 0 Å². The lowest BCUT2D eigenvalue weighted by Gasteiger charge is -2.33. The molecule has 2 rings (SSSR count). The number of benzene rings is 1. The molecule has 1 N–H and O–H groups in total. The van der Waals surface area contributed by atoms with E-state index < -0.39 is 0 Å². The summed E-state index contributed by atoms with van der Waals surface area (Å²) in [4.78, 5) is 0. The second kappa shape index (κ2) is 5.44. The van der Waals surface area contributed by atoms with E-state index in [4.69, 9.17) is 5.26 Å². The monoisotopic (exact) mass is 242 g/mol. The summed E-state index contributed by atoms with van der Waals surface area (Å²) in [7, 11) is 0. The van der Waals surface area contributed by atoms with Crippen molar-refractivity contribution in [2.24, 2.45) is 11.8 Å². The van der Waals surface area contributed by atoms with Crippen molar-refractivity contribution in [2.45, 2.75) is 46.1 Å². The third-order valence-corrected chi connectivity index (χ3v) is 4.25. The van der Waals surface area contributed by atoms with Crippen molar-refractivity contribution < 1.29 is 0 Å². The van der Waals surface area contributed by atoms with Crippen LogP contribution in [0.4, 0.5) is 5.69 Å². The van der Waals surface area contributed by atoms with Gasteiger partial charge in [-0.25, -0.2) is 0 Å². The lowest BCUT2D eigenvalue weighted by Crippen LogP contribution is -2.30. The van der Waals surface area contributed by atoms with Crippen molar-refractivity contribution >= 4 is 5.69 Å². The predicted molar refractivity (Wildman–Crippen MR) is 75.5 cm³/mol. The average molecular weight is 242 g/mol. The van der Waals surface area contributed by atoms with Crippen LogP contribution in [0, 0.1) is 30.1 Å². The summed E-state index contributed by atoms with van der Waals surface area (Å²) >= 11 is 0. The molecule has 2 nitrogen and oxygen atoms in total. The molecule has 0 spiro atoms. The number of hydrogen-bond donors (Lipinski definition) is 1. The van der Waals surface area contributed by atoms with Gasteiger partial charge in [0, 0.05) is 6.04 Å². The summed E-state index contributed by atoms with van der Waals surface area (Å²) in [6.45, 7) is 6.74. The highest BCUT2D eigenvalue weighted by Gasteiger charge is 2.24. The Morgan fingerprint density at radius 1 is 1.22 bits per heavy atom. The molecule has 0 saturated heterocycles. The molecule has 0 aromatic heterocycles. The minimum Gasteiger partial charge on any atom is -0.381 e. The normalized spacial score (nSPS) is 27.6. The first-order valence-corrected chi connectivity index (χ1v) is 6.87. The molecule has 2 heteroatoms. The largest absolute Gasteiger partial charge is 0.381 e. The Hall–Kier alpha value is -1.49. The van der Waals surface area contributed by atoms with Crippen LogP contribution in [-0.2, 0) is 0 Å². The molecule has 1 aliphatic carbocycles. The molecule has 0 radical (unpaired) electrons. The molecule has 1 aromatic carbocycles. The molecule has 0 amide bonds. The third kappa shape index (κ3) is 2.85. The summed E-state index contributed by atoms with van der Waals surface area (Å²) in [5.41, 5.74) is 2.96. The number of rotatable bonds is 2. The van der Waals surface area contributed by atoms with Gasteiger partial charge in [0.15, 0.2) is 0 Å². The van der Waals surface area contributed by atoms with E-state index in [1.807, 2.05) is 12.1 Å². The number of aryl methyl sites for hydroxylation is 1. The van der Waals surface area contributed by atoms with Gasteiger partial charge in [0.25, 0.3) is 0 Å². The van der Waals surface area contributed by atoms with Crippen LogP contribution >= 0.6 is 0 Å². The third-order valence-electron chi connectivity index (χ3n) is 4.25. The van der Waals surface area contributed by atoms with Crippen molar-refractivity contribution in [3.8, 4) is 6.07 Å². The quantitative estimate of drug-likeness (QED) is 0.847. The van der Waals surface area contributed by atoms with Crippen molar-refractivity contribution in [3.05, 3.63) is 29.3 Å². The summed E-state index contributed by atoms with van der Waals surface area (Å²) in [6.07, 6.45) is 3.71. The number of nitrogens with one attached hydrogen (secondary N) is 1. The lowest BCUT2D eigenvalue weighted by molar-refractivity contribution is 0.261. The minimum atomic E-state index is 0.519. The van der Waals surface area contributed by atoms with Gasteiger partial charge in [0.05, 0.1) is 11.3 Å². The SMILES string of the molecule is Cc1ccc(C#N)c(NC2CCC(C)C(C)C2)c1. The maximum atomic E-state index is 9.14. The van der Waals surface area contributed by atoms with E-state index in [1.165, 1.54) is 24.8 Å². The molecular weight excluding hydrogens is 220 g/mol. The Balaban J connectivity index is 2.10. The number of nitriles is 1. The van der Waals surface area contributed by atoms with E-state index in [0.717, 1.165) is 23.1 Å². The first kappa shape index (κ1) is 13.0. The van der Waals surface area contributed by atoms with Gasteiger partial charge in [0.1, 0.15) is 6.07 Å². The molecular formula is C16H22N2. The molecule has 1 aromatic rings. The van der Waals surface area contributed by atoms with Gasteiger partial charge in [-0.15, -0.1) is 0 Å². The molecule has 3 unspecified atom stereocenters. The van der Waals surface area contributed by atoms with Crippen molar-refractivity contribution in [2.75, 3.05) is 5.32 Å². The Labute approximate surface area is 110 Å². The molecule has 0 bridgehead atoms. The summed E-state index contributed by atoms with van der Waals surface area (Å²) < 4.78 is 0. The van der Waals surface area contributed by atoms with Crippen LogP contribution in [0.1, 0.15) is 44.2 Å². The van der Waals surface area contributed by atoms with Gasteiger partial charge in [-0.1, -0.05) is 19.9 Å². The van der Waals surface area contributed by atoms with E-state index >= 15 is 0 Å². The van der Waals surface area contributed by atoms with Crippen LogP contribution in [0.3, 0.4) is 0 Å². The highest BCUT2D eigenvalue weighted by atomic mass is 14.9. The Morgan fingerprint density at radius 2 is 2.00 bits per heavy atom. The van der Waals surface area contributed by atoms with Gasteiger partial charge in [-0.3, -0.25) is 0 Å². The zero-order chi connectivity index (χ0) is 13.1. The fourth-order valence-corrected chi connectivity index (χ4v) is 2.77. The van der Waals surface area contributed by atoms with E-state index in [0.29, 0.717) is 6.04 Å². The molecule has 0 heterocycles. The van der Waals surface area contributed by atoms with Crippen LogP contribution in [0.2, 0.25) is 0 Å². The average Bonchev–Trinajstić information content (AvgIpc) is 2.34. The molecule has 1 aliphatic rings. The summed E-state index contributed by atoms with van der Waals surface area (Å²) in [5.74, 6) is 1.60.